The van der Waals surface area contributed by atoms with Gasteiger partial charge in [0.05, 0.1) is 0 Å². The molecule has 1 aliphatic carbocycles. The Kier molecular flexibility index (Phi) is 4.85. The summed E-state index contributed by atoms with van der Waals surface area (Å²) in [5, 5.41) is 0. The van der Waals surface area contributed by atoms with Crippen molar-refractivity contribution >= 4 is 0 Å². The van der Waals surface area contributed by atoms with Crippen molar-refractivity contribution in [2.45, 2.75) is 25.3 Å². The predicted octanol–water partition coefficient (Wildman–Crippen LogP) is 0.607. The van der Waals surface area contributed by atoms with E-state index in [1.54, 1.807) is 0 Å². The van der Waals surface area contributed by atoms with Crippen LogP contribution in [0.5, 0.6) is 0 Å². The number of rotatable bonds is 7. The highest BCUT2D eigenvalue weighted by atomic mass is 15.1. The third-order valence-corrected chi connectivity index (χ3v) is 3.00. The van der Waals surface area contributed by atoms with E-state index in [2.05, 4.69) is 30.9 Å². The van der Waals surface area contributed by atoms with Crippen LogP contribution in [-0.2, 0) is 0 Å². The van der Waals surface area contributed by atoms with Crippen molar-refractivity contribution < 1.29 is 0 Å². The first-order valence-electron chi connectivity index (χ1n) is 5.68. The van der Waals surface area contributed by atoms with E-state index < -0.39 is 0 Å². The first-order valence-corrected chi connectivity index (χ1v) is 5.68. The van der Waals surface area contributed by atoms with Gasteiger partial charge in [0, 0.05) is 19.1 Å². The van der Waals surface area contributed by atoms with Crippen LogP contribution in [0.1, 0.15) is 19.3 Å². The molecule has 0 aromatic heterocycles. The summed E-state index contributed by atoms with van der Waals surface area (Å²) in [7, 11) is 6.41. The molecule has 1 fully saturated rings. The molecule has 0 aliphatic heterocycles. The topological polar surface area (TPSA) is 32.5 Å². The van der Waals surface area contributed by atoms with E-state index in [0.29, 0.717) is 6.04 Å². The second-order valence-electron chi connectivity index (χ2n) is 4.90. The van der Waals surface area contributed by atoms with Crippen molar-refractivity contribution in [3.05, 3.63) is 0 Å². The standard InChI is InChI=1S/C11H25N3/c1-13(2)8-9-14(3)7-6-11(12)10-4-5-10/h10-11H,4-9,12H2,1-3H3. The second-order valence-corrected chi connectivity index (χ2v) is 4.90. The lowest BCUT2D eigenvalue weighted by molar-refractivity contribution is 0.270. The maximum Gasteiger partial charge on any atom is 0.0106 e. The Morgan fingerprint density at radius 1 is 1.14 bits per heavy atom. The fourth-order valence-electron chi connectivity index (χ4n) is 1.61. The van der Waals surface area contributed by atoms with Gasteiger partial charge >= 0.3 is 0 Å². The Morgan fingerprint density at radius 2 is 1.79 bits per heavy atom. The molecule has 0 spiro atoms. The molecule has 3 heteroatoms. The summed E-state index contributed by atoms with van der Waals surface area (Å²) in [5.74, 6) is 0.845. The Balaban J connectivity index is 1.98. The van der Waals surface area contributed by atoms with Crippen LogP contribution in [0.25, 0.3) is 0 Å². The summed E-state index contributed by atoms with van der Waals surface area (Å²) >= 11 is 0. The maximum atomic E-state index is 6.05. The van der Waals surface area contributed by atoms with Crippen LogP contribution in [0, 0.1) is 5.92 Å². The summed E-state index contributed by atoms with van der Waals surface area (Å²) in [6.07, 6.45) is 3.89. The van der Waals surface area contributed by atoms with E-state index >= 15 is 0 Å². The Hall–Kier alpha value is -0.120. The summed E-state index contributed by atoms with van der Waals surface area (Å²) in [6.45, 7) is 3.42. The van der Waals surface area contributed by atoms with Crippen LogP contribution in [0.4, 0.5) is 0 Å². The molecule has 0 aromatic carbocycles. The Bertz CT molecular complexity index is 155. The fraction of sp³-hybridized carbons (Fsp3) is 1.00. The minimum absolute atomic E-state index is 0.455. The van der Waals surface area contributed by atoms with Gasteiger partial charge in [-0.2, -0.15) is 0 Å². The number of nitrogens with two attached hydrogens (primary N) is 1. The molecule has 2 N–H and O–H groups in total. The minimum Gasteiger partial charge on any atom is -0.327 e. The smallest absolute Gasteiger partial charge is 0.0106 e. The largest absolute Gasteiger partial charge is 0.327 e. The molecule has 1 aliphatic rings. The highest BCUT2D eigenvalue weighted by molar-refractivity contribution is 4.84. The summed E-state index contributed by atoms with van der Waals surface area (Å²) in [5.41, 5.74) is 6.05. The third-order valence-electron chi connectivity index (χ3n) is 3.00. The summed E-state index contributed by atoms with van der Waals surface area (Å²) in [4.78, 5) is 4.60. The predicted molar refractivity (Wildman–Crippen MR) is 61.4 cm³/mol. The molecule has 3 nitrogen and oxygen atoms in total. The lowest BCUT2D eigenvalue weighted by atomic mass is 10.1. The van der Waals surface area contributed by atoms with E-state index in [9.17, 15) is 0 Å². The monoisotopic (exact) mass is 199 g/mol. The number of hydrogen-bond acceptors (Lipinski definition) is 3. The van der Waals surface area contributed by atoms with Gasteiger partial charge in [0.2, 0.25) is 0 Å². The van der Waals surface area contributed by atoms with E-state index in [0.717, 1.165) is 32.0 Å². The van der Waals surface area contributed by atoms with Gasteiger partial charge in [-0.1, -0.05) is 0 Å². The van der Waals surface area contributed by atoms with E-state index in [1.807, 2.05) is 0 Å². The highest BCUT2D eigenvalue weighted by Gasteiger charge is 2.27. The van der Waals surface area contributed by atoms with Gasteiger partial charge in [0.1, 0.15) is 0 Å². The first kappa shape index (κ1) is 12.0. The minimum atomic E-state index is 0.455. The van der Waals surface area contributed by atoms with Crippen LogP contribution >= 0.6 is 0 Å². The lowest BCUT2D eigenvalue weighted by Gasteiger charge is -2.21. The molecule has 1 atom stereocenters. The van der Waals surface area contributed by atoms with Crippen molar-refractivity contribution in [1.82, 2.24) is 9.80 Å². The Morgan fingerprint density at radius 3 is 2.29 bits per heavy atom. The van der Waals surface area contributed by atoms with Crippen LogP contribution in [0.2, 0.25) is 0 Å². The van der Waals surface area contributed by atoms with E-state index in [-0.39, 0.29) is 0 Å². The molecule has 0 heterocycles. The van der Waals surface area contributed by atoms with Gasteiger partial charge in [-0.25, -0.2) is 0 Å². The van der Waals surface area contributed by atoms with Crippen LogP contribution in [0.15, 0.2) is 0 Å². The SMILES string of the molecule is CN(C)CCN(C)CCC(N)C1CC1. The Labute approximate surface area is 88.2 Å². The third kappa shape index (κ3) is 4.94. The van der Waals surface area contributed by atoms with Crippen molar-refractivity contribution in [3.63, 3.8) is 0 Å². The number of likely N-dealkylation sites (N-methyl/N-ethyl adjacent to an activating group) is 2. The van der Waals surface area contributed by atoms with Crippen LogP contribution in [-0.4, -0.2) is 56.6 Å². The van der Waals surface area contributed by atoms with Crippen molar-refractivity contribution in [3.8, 4) is 0 Å². The van der Waals surface area contributed by atoms with Gasteiger partial charge in [-0.3, -0.25) is 0 Å². The normalized spacial score (nSPS) is 19.3. The first-order chi connectivity index (χ1) is 6.59. The average Bonchev–Trinajstić information content (AvgIpc) is 2.93. The average molecular weight is 199 g/mol. The van der Waals surface area contributed by atoms with Gasteiger partial charge in [-0.05, 0) is 52.9 Å². The van der Waals surface area contributed by atoms with Crippen molar-refractivity contribution in [2.75, 3.05) is 40.8 Å². The fourth-order valence-corrected chi connectivity index (χ4v) is 1.61. The molecular formula is C11H25N3. The molecule has 0 saturated heterocycles. The second kappa shape index (κ2) is 5.69. The molecule has 1 saturated carbocycles. The van der Waals surface area contributed by atoms with Gasteiger partial charge < -0.3 is 15.5 Å². The zero-order chi connectivity index (χ0) is 10.6. The van der Waals surface area contributed by atoms with Crippen LogP contribution < -0.4 is 5.73 Å². The summed E-state index contributed by atoms with van der Waals surface area (Å²) < 4.78 is 0. The molecular weight excluding hydrogens is 174 g/mol. The van der Waals surface area contributed by atoms with Gasteiger partial charge in [-0.15, -0.1) is 0 Å². The molecule has 0 bridgehead atoms. The van der Waals surface area contributed by atoms with Crippen LogP contribution in [0.3, 0.4) is 0 Å². The van der Waals surface area contributed by atoms with Gasteiger partial charge in [0.15, 0.2) is 0 Å². The zero-order valence-electron chi connectivity index (χ0n) is 9.87. The molecule has 1 rings (SSSR count). The highest BCUT2D eigenvalue weighted by Crippen LogP contribution is 2.32. The van der Waals surface area contributed by atoms with E-state index in [4.69, 9.17) is 5.73 Å². The molecule has 84 valence electrons. The van der Waals surface area contributed by atoms with E-state index in [1.165, 1.54) is 12.8 Å². The quantitative estimate of drug-likeness (QED) is 0.652. The van der Waals surface area contributed by atoms with Crippen molar-refractivity contribution in [1.29, 1.82) is 0 Å². The number of nitrogens with zero attached hydrogens (tertiary/aromatic N) is 2. The molecule has 0 amide bonds. The lowest BCUT2D eigenvalue weighted by Crippen LogP contribution is -2.33. The van der Waals surface area contributed by atoms with Gasteiger partial charge in [0.25, 0.3) is 0 Å². The van der Waals surface area contributed by atoms with Crippen molar-refractivity contribution in [2.24, 2.45) is 11.7 Å². The maximum absolute atomic E-state index is 6.05. The summed E-state index contributed by atoms with van der Waals surface area (Å²) in [6, 6.07) is 0.455. The molecule has 0 aromatic rings. The molecule has 1 unspecified atom stereocenters. The molecule has 0 radical (unpaired) electrons. The zero-order valence-corrected chi connectivity index (χ0v) is 9.87. The molecule has 14 heavy (non-hydrogen) atoms. The number of hydrogen-bond donors (Lipinski definition) is 1.